The second-order valence-corrected chi connectivity index (χ2v) is 5.66. The highest BCUT2D eigenvalue weighted by molar-refractivity contribution is 5.27. The molecule has 2 atom stereocenters. The van der Waals surface area contributed by atoms with Gasteiger partial charge >= 0.3 is 0 Å². The predicted octanol–water partition coefficient (Wildman–Crippen LogP) is 3.34. The molecule has 1 aliphatic rings. The minimum absolute atomic E-state index is 0.233. The van der Waals surface area contributed by atoms with E-state index < -0.39 is 0 Å². The van der Waals surface area contributed by atoms with Gasteiger partial charge in [-0.15, -0.1) is 0 Å². The van der Waals surface area contributed by atoms with Gasteiger partial charge in [-0.25, -0.2) is 0 Å². The van der Waals surface area contributed by atoms with Crippen molar-refractivity contribution in [2.75, 3.05) is 13.2 Å². The number of ether oxygens (including phenoxy) is 2. The zero-order valence-electron chi connectivity index (χ0n) is 12.4. The van der Waals surface area contributed by atoms with E-state index in [1.54, 1.807) is 0 Å². The average Bonchev–Trinajstić information content (AvgIpc) is 2.96. The Labute approximate surface area is 121 Å². The molecule has 112 valence electrons. The lowest BCUT2D eigenvalue weighted by Gasteiger charge is -2.10. The van der Waals surface area contributed by atoms with Crippen LogP contribution in [0.5, 0.6) is 5.75 Å². The Morgan fingerprint density at radius 2 is 2.15 bits per heavy atom. The monoisotopic (exact) mass is 278 g/mol. The molecule has 2 rings (SSSR count). The summed E-state index contributed by atoms with van der Waals surface area (Å²) in [7, 11) is 0. The van der Waals surface area contributed by atoms with Crippen LogP contribution >= 0.6 is 0 Å². The van der Waals surface area contributed by atoms with Crippen LogP contribution in [0.15, 0.2) is 24.3 Å². The number of aliphatic hydroxyl groups excluding tert-OH is 1. The summed E-state index contributed by atoms with van der Waals surface area (Å²) < 4.78 is 11.3. The first kappa shape index (κ1) is 15.3. The molecule has 1 saturated heterocycles. The summed E-state index contributed by atoms with van der Waals surface area (Å²) in [5, 5.41) is 9.27. The van der Waals surface area contributed by atoms with Gasteiger partial charge in [0.25, 0.3) is 0 Å². The van der Waals surface area contributed by atoms with Gasteiger partial charge in [-0.2, -0.15) is 0 Å². The van der Waals surface area contributed by atoms with Gasteiger partial charge in [-0.3, -0.25) is 0 Å². The van der Waals surface area contributed by atoms with Gasteiger partial charge in [0.2, 0.25) is 0 Å². The molecule has 0 aliphatic carbocycles. The summed E-state index contributed by atoms with van der Waals surface area (Å²) in [6, 6.07) is 8.20. The smallest absolute Gasteiger partial charge is 0.119 e. The second kappa shape index (κ2) is 8.28. The van der Waals surface area contributed by atoms with Gasteiger partial charge in [0.1, 0.15) is 5.75 Å². The minimum atomic E-state index is -0.233. The Kier molecular flexibility index (Phi) is 6.34. The SMILES string of the molecule is CC(O)CCc1ccc(OCCCC2CCCO2)cc1. The van der Waals surface area contributed by atoms with Crippen LogP contribution in [0.25, 0.3) is 0 Å². The molecule has 1 N–H and O–H groups in total. The molecule has 0 radical (unpaired) electrons. The van der Waals surface area contributed by atoms with E-state index in [1.165, 1.54) is 18.4 Å². The van der Waals surface area contributed by atoms with Crippen LogP contribution < -0.4 is 4.74 Å². The van der Waals surface area contributed by atoms with Crippen LogP contribution in [-0.4, -0.2) is 30.5 Å². The molecular weight excluding hydrogens is 252 g/mol. The molecular formula is C17H26O3. The van der Waals surface area contributed by atoms with E-state index >= 15 is 0 Å². The molecule has 1 aliphatic heterocycles. The molecule has 0 bridgehead atoms. The van der Waals surface area contributed by atoms with Gasteiger partial charge in [-0.05, 0) is 63.1 Å². The van der Waals surface area contributed by atoms with Crippen LogP contribution in [-0.2, 0) is 11.2 Å². The summed E-state index contributed by atoms with van der Waals surface area (Å²) in [6.07, 6.45) is 6.52. The van der Waals surface area contributed by atoms with Crippen molar-refractivity contribution >= 4 is 0 Å². The van der Waals surface area contributed by atoms with Gasteiger partial charge in [-0.1, -0.05) is 12.1 Å². The van der Waals surface area contributed by atoms with Crippen LogP contribution in [0.2, 0.25) is 0 Å². The summed E-state index contributed by atoms with van der Waals surface area (Å²) >= 11 is 0. The first-order valence-corrected chi connectivity index (χ1v) is 7.75. The lowest BCUT2D eigenvalue weighted by molar-refractivity contribution is 0.0981. The molecule has 3 heteroatoms. The Morgan fingerprint density at radius 1 is 1.35 bits per heavy atom. The zero-order valence-corrected chi connectivity index (χ0v) is 12.4. The summed E-state index contributed by atoms with van der Waals surface area (Å²) in [5.74, 6) is 0.929. The lowest BCUT2D eigenvalue weighted by atomic mass is 10.1. The number of aliphatic hydroxyl groups is 1. The number of hydrogen-bond acceptors (Lipinski definition) is 3. The second-order valence-electron chi connectivity index (χ2n) is 5.66. The van der Waals surface area contributed by atoms with Crippen molar-refractivity contribution in [3.05, 3.63) is 29.8 Å². The highest BCUT2D eigenvalue weighted by Crippen LogP contribution is 2.18. The number of hydrogen-bond donors (Lipinski definition) is 1. The van der Waals surface area contributed by atoms with E-state index in [4.69, 9.17) is 9.47 Å². The van der Waals surface area contributed by atoms with E-state index in [2.05, 4.69) is 12.1 Å². The van der Waals surface area contributed by atoms with Crippen molar-refractivity contribution in [3.8, 4) is 5.75 Å². The zero-order chi connectivity index (χ0) is 14.2. The maximum absolute atomic E-state index is 9.27. The fourth-order valence-electron chi connectivity index (χ4n) is 2.50. The Bertz CT molecular complexity index is 366. The molecule has 1 heterocycles. The van der Waals surface area contributed by atoms with Crippen molar-refractivity contribution in [1.82, 2.24) is 0 Å². The van der Waals surface area contributed by atoms with E-state index in [1.807, 2.05) is 19.1 Å². The Hall–Kier alpha value is -1.06. The fraction of sp³-hybridized carbons (Fsp3) is 0.647. The lowest BCUT2D eigenvalue weighted by Crippen LogP contribution is -2.07. The third-order valence-electron chi connectivity index (χ3n) is 3.74. The largest absolute Gasteiger partial charge is 0.494 e. The summed E-state index contributed by atoms with van der Waals surface area (Å²) in [5.41, 5.74) is 1.25. The molecule has 0 saturated carbocycles. The Balaban J connectivity index is 1.62. The number of rotatable bonds is 8. The maximum Gasteiger partial charge on any atom is 0.119 e. The molecule has 0 spiro atoms. The fourth-order valence-corrected chi connectivity index (χ4v) is 2.50. The first-order chi connectivity index (χ1) is 9.74. The van der Waals surface area contributed by atoms with Crippen molar-refractivity contribution in [1.29, 1.82) is 0 Å². The molecule has 3 nitrogen and oxygen atoms in total. The van der Waals surface area contributed by atoms with Crippen molar-refractivity contribution in [3.63, 3.8) is 0 Å². The average molecular weight is 278 g/mol. The minimum Gasteiger partial charge on any atom is -0.494 e. The molecule has 0 amide bonds. The van der Waals surface area contributed by atoms with Gasteiger partial charge in [0, 0.05) is 6.61 Å². The highest BCUT2D eigenvalue weighted by Gasteiger charge is 2.14. The molecule has 1 aromatic rings. The number of aryl methyl sites for hydroxylation is 1. The topological polar surface area (TPSA) is 38.7 Å². The third-order valence-corrected chi connectivity index (χ3v) is 3.74. The van der Waals surface area contributed by atoms with Gasteiger partial charge < -0.3 is 14.6 Å². The van der Waals surface area contributed by atoms with Crippen LogP contribution in [0.4, 0.5) is 0 Å². The van der Waals surface area contributed by atoms with E-state index in [-0.39, 0.29) is 6.10 Å². The van der Waals surface area contributed by atoms with E-state index in [0.717, 1.165) is 44.6 Å². The maximum atomic E-state index is 9.27. The van der Waals surface area contributed by atoms with Crippen LogP contribution in [0, 0.1) is 0 Å². The molecule has 20 heavy (non-hydrogen) atoms. The van der Waals surface area contributed by atoms with Gasteiger partial charge in [0.05, 0.1) is 18.8 Å². The molecule has 2 unspecified atom stereocenters. The normalized spacial score (nSPS) is 20.0. The third kappa shape index (κ3) is 5.51. The summed E-state index contributed by atoms with van der Waals surface area (Å²) in [4.78, 5) is 0. The van der Waals surface area contributed by atoms with Crippen LogP contribution in [0.3, 0.4) is 0 Å². The summed E-state index contributed by atoms with van der Waals surface area (Å²) in [6.45, 7) is 3.51. The number of benzene rings is 1. The van der Waals surface area contributed by atoms with Crippen molar-refractivity contribution in [2.24, 2.45) is 0 Å². The first-order valence-electron chi connectivity index (χ1n) is 7.75. The van der Waals surface area contributed by atoms with Crippen LogP contribution in [0.1, 0.15) is 44.6 Å². The van der Waals surface area contributed by atoms with Gasteiger partial charge in [0.15, 0.2) is 0 Å². The molecule has 1 fully saturated rings. The van der Waals surface area contributed by atoms with Crippen molar-refractivity contribution < 1.29 is 14.6 Å². The molecule has 1 aromatic carbocycles. The molecule has 0 aromatic heterocycles. The predicted molar refractivity (Wildman–Crippen MR) is 80.1 cm³/mol. The Morgan fingerprint density at radius 3 is 2.80 bits per heavy atom. The quantitative estimate of drug-likeness (QED) is 0.741. The van der Waals surface area contributed by atoms with E-state index in [0.29, 0.717) is 6.10 Å². The van der Waals surface area contributed by atoms with Crippen molar-refractivity contribution in [2.45, 2.75) is 57.7 Å². The highest BCUT2D eigenvalue weighted by atomic mass is 16.5. The van der Waals surface area contributed by atoms with E-state index in [9.17, 15) is 5.11 Å². The standard InChI is InChI=1S/C17H26O3/c1-14(18)6-7-15-8-10-17(11-9-15)20-13-3-5-16-4-2-12-19-16/h8-11,14,16,18H,2-7,12-13H2,1H3.